The first-order valence-electron chi connectivity index (χ1n) is 10.2. The lowest BCUT2D eigenvalue weighted by Crippen LogP contribution is -2.38. The van der Waals surface area contributed by atoms with Crippen molar-refractivity contribution in [3.8, 4) is 5.75 Å². The van der Waals surface area contributed by atoms with Crippen LogP contribution in [0, 0.1) is 5.82 Å². The molecule has 7 nitrogen and oxygen atoms in total. The van der Waals surface area contributed by atoms with E-state index in [4.69, 9.17) is 21.1 Å². The normalized spacial score (nSPS) is 13.7. The molecule has 1 aliphatic heterocycles. The predicted molar refractivity (Wildman–Crippen MR) is 127 cm³/mol. The highest BCUT2D eigenvalue weighted by atomic mass is 35.5. The molecule has 0 bridgehead atoms. The Morgan fingerprint density at radius 1 is 1.27 bits per heavy atom. The lowest BCUT2D eigenvalue weighted by atomic mass is 10.1. The lowest BCUT2D eigenvalue weighted by Gasteiger charge is -2.29. The summed E-state index contributed by atoms with van der Waals surface area (Å²) >= 11 is 7.32. The molecule has 1 aliphatic rings. The van der Waals surface area contributed by atoms with E-state index in [-0.39, 0.29) is 30.5 Å². The average molecular weight is 490 g/mol. The van der Waals surface area contributed by atoms with Crippen molar-refractivity contribution in [3.63, 3.8) is 0 Å². The largest absolute Gasteiger partial charge is 0.472 e. The molecular weight excluding hydrogens is 469 g/mol. The molecule has 10 heteroatoms. The molecule has 1 unspecified atom stereocenters. The van der Waals surface area contributed by atoms with E-state index in [1.807, 2.05) is 0 Å². The first kappa shape index (κ1) is 22.9. The standard InChI is InChI=1S/C23H21ClFN3O4S/c1-3-31-23(30)21(19-8-9-20(24)33-19)27-13-4-6-14(7-5-13)28-12-32-18-11-17(26-2)16(25)10-15(18)22(28)29/h4-11,21,26-27H,3,12H2,1-2H3. The number of ether oxygens (including phenoxy) is 2. The summed E-state index contributed by atoms with van der Waals surface area (Å²) in [5.41, 5.74) is 1.63. The molecule has 0 spiro atoms. The maximum Gasteiger partial charge on any atom is 0.334 e. The van der Waals surface area contributed by atoms with Gasteiger partial charge in [0.25, 0.3) is 5.91 Å². The number of carbonyl (C=O) groups is 2. The summed E-state index contributed by atoms with van der Waals surface area (Å²) in [6.07, 6.45) is 0. The fraction of sp³-hybridized carbons (Fsp3) is 0.217. The number of thiophene rings is 1. The molecule has 4 rings (SSSR count). The maximum atomic E-state index is 14.2. The summed E-state index contributed by atoms with van der Waals surface area (Å²) in [4.78, 5) is 27.6. The fourth-order valence-electron chi connectivity index (χ4n) is 3.42. The van der Waals surface area contributed by atoms with Crippen LogP contribution in [-0.2, 0) is 9.53 Å². The van der Waals surface area contributed by atoms with Gasteiger partial charge in [-0.15, -0.1) is 11.3 Å². The van der Waals surface area contributed by atoms with Crippen molar-refractivity contribution < 1.29 is 23.5 Å². The van der Waals surface area contributed by atoms with Crippen molar-refractivity contribution in [3.05, 3.63) is 69.1 Å². The molecule has 33 heavy (non-hydrogen) atoms. The van der Waals surface area contributed by atoms with E-state index in [1.165, 1.54) is 28.4 Å². The van der Waals surface area contributed by atoms with Crippen molar-refractivity contribution in [2.24, 2.45) is 0 Å². The zero-order chi connectivity index (χ0) is 23.5. The van der Waals surface area contributed by atoms with Gasteiger partial charge in [0.2, 0.25) is 0 Å². The number of halogens is 2. The highest BCUT2D eigenvalue weighted by Crippen LogP contribution is 2.34. The Bertz CT molecular complexity index is 1180. The monoisotopic (exact) mass is 489 g/mol. The summed E-state index contributed by atoms with van der Waals surface area (Å²) in [6, 6.07) is 12.3. The van der Waals surface area contributed by atoms with Gasteiger partial charge in [-0.1, -0.05) is 11.6 Å². The van der Waals surface area contributed by atoms with E-state index >= 15 is 0 Å². The van der Waals surface area contributed by atoms with Gasteiger partial charge in [0.15, 0.2) is 12.8 Å². The molecule has 0 aliphatic carbocycles. The van der Waals surface area contributed by atoms with Crippen LogP contribution in [0.2, 0.25) is 4.34 Å². The van der Waals surface area contributed by atoms with Crippen LogP contribution < -0.4 is 20.3 Å². The van der Waals surface area contributed by atoms with Crippen molar-refractivity contribution in [1.29, 1.82) is 0 Å². The third-order valence-electron chi connectivity index (χ3n) is 5.05. The summed E-state index contributed by atoms with van der Waals surface area (Å²) in [6.45, 7) is 1.99. The van der Waals surface area contributed by atoms with Gasteiger partial charge in [0.05, 0.1) is 22.2 Å². The molecule has 0 radical (unpaired) electrons. The molecule has 1 aromatic heterocycles. The van der Waals surface area contributed by atoms with Gasteiger partial charge in [-0.05, 0) is 49.4 Å². The number of carbonyl (C=O) groups excluding carboxylic acids is 2. The highest BCUT2D eigenvalue weighted by Gasteiger charge is 2.29. The second kappa shape index (κ2) is 9.68. The van der Waals surface area contributed by atoms with E-state index in [0.29, 0.717) is 21.5 Å². The first-order chi connectivity index (χ1) is 15.9. The molecule has 0 saturated heterocycles. The quantitative estimate of drug-likeness (QED) is 0.439. The molecule has 1 atom stereocenters. The number of fused-ring (bicyclic) bond motifs is 1. The molecule has 0 saturated carbocycles. The second-order valence-corrected chi connectivity index (χ2v) is 8.85. The maximum absolute atomic E-state index is 14.2. The van der Waals surface area contributed by atoms with Crippen LogP contribution >= 0.6 is 22.9 Å². The Morgan fingerprint density at radius 3 is 2.67 bits per heavy atom. The minimum atomic E-state index is -0.718. The summed E-state index contributed by atoms with van der Waals surface area (Å²) in [5, 5.41) is 5.88. The Hall–Kier alpha value is -3.30. The van der Waals surface area contributed by atoms with E-state index in [1.54, 1.807) is 50.4 Å². The van der Waals surface area contributed by atoms with Gasteiger partial charge in [-0.25, -0.2) is 9.18 Å². The van der Waals surface area contributed by atoms with Crippen LogP contribution in [0.4, 0.5) is 21.5 Å². The number of anilines is 3. The molecule has 1 amide bonds. The van der Waals surface area contributed by atoms with Crippen LogP contribution in [0.3, 0.4) is 0 Å². The van der Waals surface area contributed by atoms with Crippen molar-refractivity contribution in [2.75, 3.05) is 35.9 Å². The van der Waals surface area contributed by atoms with E-state index in [0.717, 1.165) is 4.88 Å². The zero-order valence-corrected chi connectivity index (χ0v) is 19.4. The number of amides is 1. The molecule has 2 heterocycles. The topological polar surface area (TPSA) is 79.9 Å². The van der Waals surface area contributed by atoms with Crippen molar-refractivity contribution in [2.45, 2.75) is 13.0 Å². The fourth-order valence-corrected chi connectivity index (χ4v) is 4.52. The molecule has 2 aromatic carbocycles. The lowest BCUT2D eigenvalue weighted by molar-refractivity contribution is -0.144. The Labute approximate surface area is 199 Å². The summed E-state index contributed by atoms with van der Waals surface area (Å²) < 4.78 is 25.6. The van der Waals surface area contributed by atoms with Gasteiger partial charge in [0, 0.05) is 29.4 Å². The van der Waals surface area contributed by atoms with Crippen LogP contribution in [-0.4, -0.2) is 32.3 Å². The van der Waals surface area contributed by atoms with Gasteiger partial charge in [0.1, 0.15) is 11.6 Å². The van der Waals surface area contributed by atoms with Crippen LogP contribution in [0.15, 0.2) is 48.5 Å². The predicted octanol–water partition coefficient (Wildman–Crippen LogP) is 5.30. The zero-order valence-electron chi connectivity index (χ0n) is 17.9. The Balaban J connectivity index is 1.53. The number of hydrogen-bond acceptors (Lipinski definition) is 7. The Morgan fingerprint density at radius 2 is 2.03 bits per heavy atom. The summed E-state index contributed by atoms with van der Waals surface area (Å²) in [5.74, 6) is -0.990. The average Bonchev–Trinajstić information content (AvgIpc) is 3.24. The highest BCUT2D eigenvalue weighted by molar-refractivity contribution is 7.16. The minimum Gasteiger partial charge on any atom is -0.472 e. The smallest absolute Gasteiger partial charge is 0.334 e. The summed E-state index contributed by atoms with van der Waals surface area (Å²) in [7, 11) is 1.59. The molecule has 172 valence electrons. The molecule has 0 fully saturated rings. The van der Waals surface area contributed by atoms with E-state index in [2.05, 4.69) is 10.6 Å². The minimum absolute atomic E-state index is 0.00740. The number of nitrogens with one attached hydrogen (secondary N) is 2. The third kappa shape index (κ3) is 4.74. The first-order valence-corrected chi connectivity index (χ1v) is 11.3. The Kier molecular flexibility index (Phi) is 6.71. The third-order valence-corrected chi connectivity index (χ3v) is 6.35. The second-order valence-electron chi connectivity index (χ2n) is 7.10. The molecule has 3 aromatic rings. The van der Waals surface area contributed by atoms with Crippen LogP contribution in [0.5, 0.6) is 5.75 Å². The van der Waals surface area contributed by atoms with Crippen LogP contribution in [0.1, 0.15) is 28.2 Å². The van der Waals surface area contributed by atoms with Gasteiger partial charge >= 0.3 is 5.97 Å². The van der Waals surface area contributed by atoms with Gasteiger partial charge in [-0.3, -0.25) is 9.69 Å². The molecule has 2 N–H and O–H groups in total. The van der Waals surface area contributed by atoms with Crippen LogP contribution in [0.25, 0.3) is 0 Å². The van der Waals surface area contributed by atoms with Gasteiger partial charge < -0.3 is 20.1 Å². The number of hydrogen-bond donors (Lipinski definition) is 2. The van der Waals surface area contributed by atoms with Gasteiger partial charge in [-0.2, -0.15) is 0 Å². The SMILES string of the molecule is CCOC(=O)C(Nc1ccc(N2COc3cc(NC)c(F)cc3C2=O)cc1)c1ccc(Cl)s1. The van der Waals surface area contributed by atoms with Crippen molar-refractivity contribution >= 4 is 51.9 Å². The molecular formula is C23H21ClFN3O4S. The number of nitrogens with zero attached hydrogens (tertiary/aromatic N) is 1. The number of benzene rings is 2. The number of rotatable bonds is 7. The van der Waals surface area contributed by atoms with Crippen molar-refractivity contribution in [1.82, 2.24) is 0 Å². The van der Waals surface area contributed by atoms with E-state index < -0.39 is 17.8 Å². The van der Waals surface area contributed by atoms with E-state index in [9.17, 15) is 14.0 Å². The number of esters is 1.